The fraction of sp³-hybridized carbons (Fsp3) is 0.231. The normalized spacial score (nSPS) is 12.8. The van der Waals surface area contributed by atoms with Gasteiger partial charge in [0.15, 0.2) is 0 Å². The zero-order chi connectivity index (χ0) is 12.6. The fourth-order valence-corrected chi connectivity index (χ4v) is 3.20. The molecule has 17 heavy (non-hydrogen) atoms. The van der Waals surface area contributed by atoms with E-state index in [0.29, 0.717) is 5.56 Å². The molecule has 4 heteroatoms. The SMILES string of the molecule is Cc1ccc(C(N)c2cc(C)c(Br)s2)cc1F. The van der Waals surface area contributed by atoms with Gasteiger partial charge in [0.05, 0.1) is 9.83 Å². The van der Waals surface area contributed by atoms with Crippen LogP contribution >= 0.6 is 27.3 Å². The van der Waals surface area contributed by atoms with E-state index in [9.17, 15) is 4.39 Å². The second-order valence-corrected chi connectivity index (χ2v) is 6.49. The average Bonchev–Trinajstić information content (AvgIpc) is 2.62. The quantitative estimate of drug-likeness (QED) is 0.878. The predicted molar refractivity (Wildman–Crippen MR) is 73.9 cm³/mol. The molecule has 2 rings (SSSR count). The predicted octanol–water partition coefficient (Wildman–Crippen LogP) is 4.31. The smallest absolute Gasteiger partial charge is 0.126 e. The van der Waals surface area contributed by atoms with Crippen LogP contribution in [0.2, 0.25) is 0 Å². The zero-order valence-electron chi connectivity index (χ0n) is 9.63. The summed E-state index contributed by atoms with van der Waals surface area (Å²) in [5, 5.41) is 0. The van der Waals surface area contributed by atoms with Gasteiger partial charge in [-0.3, -0.25) is 0 Å². The first-order valence-corrected chi connectivity index (χ1v) is 6.87. The van der Waals surface area contributed by atoms with Crippen LogP contribution in [0.25, 0.3) is 0 Å². The summed E-state index contributed by atoms with van der Waals surface area (Å²) < 4.78 is 14.6. The van der Waals surface area contributed by atoms with Crippen LogP contribution in [-0.2, 0) is 0 Å². The van der Waals surface area contributed by atoms with Crippen molar-refractivity contribution in [1.82, 2.24) is 0 Å². The standard InChI is InChI=1S/C13H13BrFNS/c1-7-3-4-9(6-10(7)15)12(16)11-5-8(2)13(14)17-11/h3-6,12H,16H2,1-2H3. The van der Waals surface area contributed by atoms with Crippen LogP contribution in [0.3, 0.4) is 0 Å². The molecule has 1 aromatic heterocycles. The molecule has 0 amide bonds. The molecule has 0 aliphatic rings. The van der Waals surface area contributed by atoms with E-state index < -0.39 is 0 Å². The van der Waals surface area contributed by atoms with Crippen LogP contribution in [0.15, 0.2) is 28.1 Å². The van der Waals surface area contributed by atoms with Gasteiger partial charge in [0, 0.05) is 4.88 Å². The highest BCUT2D eigenvalue weighted by atomic mass is 79.9. The first kappa shape index (κ1) is 12.7. The van der Waals surface area contributed by atoms with Crippen LogP contribution in [0, 0.1) is 19.7 Å². The Morgan fingerprint density at radius 1 is 1.24 bits per heavy atom. The van der Waals surface area contributed by atoms with Crippen LogP contribution in [-0.4, -0.2) is 0 Å². The number of halogens is 2. The lowest BCUT2D eigenvalue weighted by Crippen LogP contribution is -2.10. The Labute approximate surface area is 113 Å². The first-order chi connectivity index (χ1) is 7.99. The molecule has 0 radical (unpaired) electrons. The molecule has 90 valence electrons. The van der Waals surface area contributed by atoms with Crippen molar-refractivity contribution in [2.24, 2.45) is 5.73 Å². The van der Waals surface area contributed by atoms with Gasteiger partial charge < -0.3 is 5.73 Å². The molecule has 1 nitrogen and oxygen atoms in total. The van der Waals surface area contributed by atoms with Gasteiger partial charge in [-0.1, -0.05) is 12.1 Å². The fourth-order valence-electron chi connectivity index (χ4n) is 1.60. The maximum atomic E-state index is 13.5. The minimum absolute atomic E-state index is 0.203. The van der Waals surface area contributed by atoms with E-state index in [2.05, 4.69) is 15.9 Å². The van der Waals surface area contributed by atoms with Gasteiger partial charge in [-0.05, 0) is 58.6 Å². The Morgan fingerprint density at radius 2 is 1.94 bits per heavy atom. The van der Waals surface area contributed by atoms with Crippen molar-refractivity contribution < 1.29 is 4.39 Å². The highest BCUT2D eigenvalue weighted by molar-refractivity contribution is 9.11. The molecule has 0 bridgehead atoms. The van der Waals surface area contributed by atoms with Crippen molar-refractivity contribution in [2.45, 2.75) is 19.9 Å². The second-order valence-electron chi connectivity index (χ2n) is 4.09. The highest BCUT2D eigenvalue weighted by Crippen LogP contribution is 2.33. The van der Waals surface area contributed by atoms with Crippen molar-refractivity contribution in [3.05, 3.63) is 55.4 Å². The summed E-state index contributed by atoms with van der Waals surface area (Å²) in [5.41, 5.74) is 8.75. The maximum absolute atomic E-state index is 13.5. The van der Waals surface area contributed by atoms with Gasteiger partial charge in [0.25, 0.3) is 0 Å². The number of nitrogens with two attached hydrogens (primary N) is 1. The molecule has 0 aliphatic carbocycles. The van der Waals surface area contributed by atoms with Crippen LogP contribution in [0.1, 0.15) is 27.6 Å². The van der Waals surface area contributed by atoms with Crippen LogP contribution in [0.5, 0.6) is 0 Å². The molecule has 0 aliphatic heterocycles. The van der Waals surface area contributed by atoms with E-state index in [1.54, 1.807) is 24.3 Å². The monoisotopic (exact) mass is 313 g/mol. The molecule has 1 unspecified atom stereocenters. The second kappa shape index (κ2) is 4.88. The summed E-state index contributed by atoms with van der Waals surface area (Å²) in [5.74, 6) is -0.203. The minimum atomic E-state index is -0.264. The summed E-state index contributed by atoms with van der Waals surface area (Å²) >= 11 is 5.07. The first-order valence-electron chi connectivity index (χ1n) is 5.26. The number of aryl methyl sites for hydroxylation is 2. The molecular formula is C13H13BrFNS. The molecule has 2 aromatic rings. The Bertz CT molecular complexity index is 531. The summed E-state index contributed by atoms with van der Waals surface area (Å²) in [6, 6.07) is 6.94. The summed E-state index contributed by atoms with van der Waals surface area (Å²) in [6.07, 6.45) is 0. The Morgan fingerprint density at radius 3 is 2.47 bits per heavy atom. The summed E-state index contributed by atoms with van der Waals surface area (Å²) in [6.45, 7) is 3.77. The van der Waals surface area contributed by atoms with Crippen molar-refractivity contribution in [1.29, 1.82) is 0 Å². The van der Waals surface area contributed by atoms with Crippen molar-refractivity contribution in [3.8, 4) is 0 Å². The highest BCUT2D eigenvalue weighted by Gasteiger charge is 2.14. The van der Waals surface area contributed by atoms with E-state index >= 15 is 0 Å². The van der Waals surface area contributed by atoms with Gasteiger partial charge in [-0.15, -0.1) is 11.3 Å². The largest absolute Gasteiger partial charge is 0.320 e. The summed E-state index contributed by atoms with van der Waals surface area (Å²) in [7, 11) is 0. The number of thiophene rings is 1. The minimum Gasteiger partial charge on any atom is -0.320 e. The van der Waals surface area contributed by atoms with Gasteiger partial charge in [0.1, 0.15) is 5.82 Å². The Hall–Kier alpha value is -0.710. The van der Waals surface area contributed by atoms with Gasteiger partial charge >= 0.3 is 0 Å². The molecule has 1 atom stereocenters. The van der Waals surface area contributed by atoms with E-state index in [0.717, 1.165) is 19.8 Å². The topological polar surface area (TPSA) is 26.0 Å². The van der Waals surface area contributed by atoms with E-state index in [-0.39, 0.29) is 11.9 Å². The van der Waals surface area contributed by atoms with Gasteiger partial charge in [0.2, 0.25) is 0 Å². The Kier molecular flexibility index (Phi) is 3.66. The Balaban J connectivity index is 2.36. The summed E-state index contributed by atoms with van der Waals surface area (Å²) in [4.78, 5) is 1.04. The number of benzene rings is 1. The third-order valence-electron chi connectivity index (χ3n) is 2.74. The lowest BCUT2D eigenvalue weighted by molar-refractivity contribution is 0.614. The van der Waals surface area contributed by atoms with Gasteiger partial charge in [-0.25, -0.2) is 4.39 Å². The van der Waals surface area contributed by atoms with Crippen LogP contribution in [0.4, 0.5) is 4.39 Å². The molecule has 1 heterocycles. The molecule has 0 saturated heterocycles. The zero-order valence-corrected chi connectivity index (χ0v) is 12.0. The maximum Gasteiger partial charge on any atom is 0.126 e. The van der Waals surface area contributed by atoms with E-state index in [1.807, 2.05) is 19.1 Å². The average molecular weight is 314 g/mol. The van der Waals surface area contributed by atoms with Crippen molar-refractivity contribution in [2.75, 3.05) is 0 Å². The molecule has 2 N–H and O–H groups in total. The van der Waals surface area contributed by atoms with Crippen molar-refractivity contribution in [3.63, 3.8) is 0 Å². The molecule has 0 fully saturated rings. The van der Waals surface area contributed by atoms with Crippen LogP contribution < -0.4 is 5.73 Å². The van der Waals surface area contributed by atoms with E-state index in [1.165, 1.54) is 6.07 Å². The van der Waals surface area contributed by atoms with Crippen molar-refractivity contribution >= 4 is 27.3 Å². The molecule has 1 aromatic carbocycles. The molecular weight excluding hydrogens is 301 g/mol. The van der Waals surface area contributed by atoms with E-state index in [4.69, 9.17) is 5.73 Å². The number of hydrogen-bond donors (Lipinski definition) is 1. The van der Waals surface area contributed by atoms with Gasteiger partial charge in [-0.2, -0.15) is 0 Å². The lowest BCUT2D eigenvalue weighted by atomic mass is 10.0. The molecule has 0 saturated carbocycles. The number of rotatable bonds is 2. The third kappa shape index (κ3) is 2.59. The number of hydrogen-bond acceptors (Lipinski definition) is 2. The molecule has 0 spiro atoms. The lowest BCUT2D eigenvalue weighted by Gasteiger charge is -2.10. The third-order valence-corrected chi connectivity index (χ3v) is 4.96.